The first-order valence-corrected chi connectivity index (χ1v) is 4.60. The predicted molar refractivity (Wildman–Crippen MR) is 56.6 cm³/mol. The van der Waals surface area contributed by atoms with Crippen LogP contribution in [-0.2, 0) is 9.53 Å². The van der Waals surface area contributed by atoms with Gasteiger partial charge in [0.25, 0.3) is 0 Å². The summed E-state index contributed by atoms with van der Waals surface area (Å²) in [5.41, 5.74) is 0.176. The summed E-state index contributed by atoms with van der Waals surface area (Å²) < 4.78 is 4.95. The van der Waals surface area contributed by atoms with Crippen LogP contribution < -0.4 is 0 Å². The lowest BCUT2D eigenvalue weighted by Crippen LogP contribution is -2.19. The number of ether oxygens (including phenoxy) is 1. The normalized spacial score (nSPS) is 13.4. The highest BCUT2D eigenvalue weighted by Crippen LogP contribution is 1.90. The Hall–Kier alpha value is -0.910. The number of rotatable bonds is 5. The van der Waals surface area contributed by atoms with Crippen molar-refractivity contribution in [3.05, 3.63) is 12.2 Å². The number of hydrogen-bond donors (Lipinski definition) is 3. The highest BCUT2D eigenvalue weighted by molar-refractivity contribution is 5.84. The predicted octanol–water partition coefficient (Wildman–Crippen LogP) is 0.412. The molecule has 0 aromatic carbocycles. The molecular weight excluding hydrogens is 200 g/mol. The Balaban J connectivity index is 0. The van der Waals surface area contributed by atoms with Crippen molar-refractivity contribution in [2.24, 2.45) is 0 Å². The molecule has 0 aromatic heterocycles. The molecule has 15 heavy (non-hydrogen) atoms. The van der Waals surface area contributed by atoms with Crippen LogP contribution in [-0.4, -0.2) is 46.7 Å². The van der Waals surface area contributed by atoms with Crippen molar-refractivity contribution in [1.82, 2.24) is 0 Å². The van der Waals surface area contributed by atoms with E-state index in [9.17, 15) is 4.79 Å². The Morgan fingerprint density at radius 1 is 1.47 bits per heavy atom. The first-order valence-electron chi connectivity index (χ1n) is 4.60. The van der Waals surface area contributed by atoms with Gasteiger partial charge in [-0.15, -0.1) is 0 Å². The van der Waals surface area contributed by atoms with Gasteiger partial charge < -0.3 is 20.1 Å². The molecule has 0 fully saturated rings. The van der Waals surface area contributed by atoms with Crippen LogP contribution in [0, 0.1) is 0 Å². The molecule has 0 aromatic rings. The molecule has 0 saturated carbocycles. The van der Waals surface area contributed by atoms with Crippen LogP contribution in [0.3, 0.4) is 0 Å². The number of carboxylic acids is 1. The molecule has 0 radical (unpaired) electrons. The average Bonchev–Trinajstić information content (AvgIpc) is 2.14. The van der Waals surface area contributed by atoms with E-state index >= 15 is 0 Å². The molecule has 0 aliphatic rings. The molecule has 3 N–H and O–H groups in total. The van der Waals surface area contributed by atoms with E-state index < -0.39 is 12.1 Å². The van der Waals surface area contributed by atoms with Crippen LogP contribution in [0.4, 0.5) is 0 Å². The van der Waals surface area contributed by atoms with Gasteiger partial charge in [0, 0.05) is 5.57 Å². The molecule has 5 heteroatoms. The van der Waals surface area contributed by atoms with Crippen molar-refractivity contribution >= 4 is 5.97 Å². The second kappa shape index (κ2) is 9.64. The lowest BCUT2D eigenvalue weighted by Gasteiger charge is -2.10. The highest BCUT2D eigenvalue weighted by Gasteiger charge is 2.00. The summed E-state index contributed by atoms with van der Waals surface area (Å²) in [5.74, 6) is -0.935. The Labute approximate surface area is 90.0 Å². The summed E-state index contributed by atoms with van der Waals surface area (Å²) in [6.45, 7) is 8.30. The zero-order chi connectivity index (χ0) is 12.4. The number of aliphatic carboxylic acids is 1. The van der Waals surface area contributed by atoms with E-state index in [2.05, 4.69) is 6.58 Å². The molecule has 2 unspecified atom stereocenters. The summed E-state index contributed by atoms with van der Waals surface area (Å²) in [6, 6.07) is 0. The third-order valence-corrected chi connectivity index (χ3v) is 1.24. The average molecular weight is 220 g/mol. The second-order valence-electron chi connectivity index (χ2n) is 3.26. The van der Waals surface area contributed by atoms with Gasteiger partial charge in [0.1, 0.15) is 0 Å². The van der Waals surface area contributed by atoms with Crippen molar-refractivity contribution in [3.8, 4) is 0 Å². The van der Waals surface area contributed by atoms with Crippen LogP contribution in [0.1, 0.15) is 20.8 Å². The smallest absolute Gasteiger partial charge is 0.330 e. The SMILES string of the molecule is C=C(C)C(=O)O.CC(O)COC(C)CO. The molecule has 0 spiro atoms. The Morgan fingerprint density at radius 2 is 1.87 bits per heavy atom. The lowest BCUT2D eigenvalue weighted by atomic mass is 10.4. The molecule has 0 bridgehead atoms. The van der Waals surface area contributed by atoms with E-state index in [0.29, 0.717) is 6.61 Å². The molecule has 5 nitrogen and oxygen atoms in total. The van der Waals surface area contributed by atoms with Gasteiger partial charge in [0.15, 0.2) is 0 Å². The van der Waals surface area contributed by atoms with Crippen molar-refractivity contribution in [2.45, 2.75) is 33.0 Å². The van der Waals surface area contributed by atoms with Gasteiger partial charge in [-0.25, -0.2) is 4.79 Å². The van der Waals surface area contributed by atoms with Crippen molar-refractivity contribution in [1.29, 1.82) is 0 Å². The summed E-state index contributed by atoms with van der Waals surface area (Å²) in [7, 11) is 0. The van der Waals surface area contributed by atoms with E-state index in [1.54, 1.807) is 13.8 Å². The minimum absolute atomic E-state index is 0.00667. The van der Waals surface area contributed by atoms with Gasteiger partial charge in [0.05, 0.1) is 25.4 Å². The summed E-state index contributed by atoms with van der Waals surface area (Å²) in [6.07, 6.45) is -0.612. The maximum Gasteiger partial charge on any atom is 0.330 e. The van der Waals surface area contributed by atoms with Crippen molar-refractivity contribution < 1.29 is 24.9 Å². The minimum atomic E-state index is -0.935. The summed E-state index contributed by atoms with van der Waals surface area (Å²) >= 11 is 0. The fourth-order valence-electron chi connectivity index (χ4n) is 0.356. The third kappa shape index (κ3) is 15.8. The Kier molecular flexibility index (Phi) is 10.6. The summed E-state index contributed by atoms with van der Waals surface area (Å²) in [5, 5.41) is 25.0. The molecule has 0 saturated heterocycles. The van der Waals surface area contributed by atoms with E-state index in [-0.39, 0.29) is 18.3 Å². The maximum absolute atomic E-state index is 9.60. The number of aliphatic hydroxyl groups is 2. The second-order valence-corrected chi connectivity index (χ2v) is 3.26. The molecule has 0 amide bonds. The molecule has 0 aliphatic carbocycles. The fraction of sp³-hybridized carbons (Fsp3) is 0.700. The van der Waals surface area contributed by atoms with Gasteiger partial charge in [0.2, 0.25) is 0 Å². The minimum Gasteiger partial charge on any atom is -0.478 e. The van der Waals surface area contributed by atoms with Crippen LogP contribution in [0.5, 0.6) is 0 Å². The Morgan fingerprint density at radius 3 is 2.07 bits per heavy atom. The quantitative estimate of drug-likeness (QED) is 0.584. The van der Waals surface area contributed by atoms with Gasteiger partial charge >= 0.3 is 5.97 Å². The van der Waals surface area contributed by atoms with Crippen LogP contribution in [0.15, 0.2) is 12.2 Å². The van der Waals surface area contributed by atoms with Gasteiger partial charge in [-0.2, -0.15) is 0 Å². The first kappa shape index (κ1) is 16.5. The van der Waals surface area contributed by atoms with Crippen LogP contribution in [0.25, 0.3) is 0 Å². The fourth-order valence-corrected chi connectivity index (χ4v) is 0.356. The van der Waals surface area contributed by atoms with E-state index in [1.165, 1.54) is 6.92 Å². The summed E-state index contributed by atoms with van der Waals surface area (Å²) in [4.78, 5) is 9.60. The monoisotopic (exact) mass is 220 g/mol. The highest BCUT2D eigenvalue weighted by atomic mass is 16.5. The van der Waals surface area contributed by atoms with E-state index in [0.717, 1.165) is 0 Å². The number of carbonyl (C=O) groups is 1. The first-order chi connectivity index (χ1) is 6.81. The molecule has 2 atom stereocenters. The van der Waals surface area contributed by atoms with Gasteiger partial charge in [-0.3, -0.25) is 0 Å². The molecular formula is C10H20O5. The zero-order valence-corrected chi connectivity index (χ0v) is 9.43. The number of hydrogen-bond acceptors (Lipinski definition) is 4. The number of carboxylic acid groups (broad SMARTS) is 1. The zero-order valence-electron chi connectivity index (χ0n) is 9.43. The lowest BCUT2D eigenvalue weighted by molar-refractivity contribution is -0.132. The molecule has 0 rings (SSSR count). The Bertz CT molecular complexity index is 176. The van der Waals surface area contributed by atoms with Crippen LogP contribution >= 0.6 is 0 Å². The number of aliphatic hydroxyl groups excluding tert-OH is 2. The molecule has 0 aliphatic heterocycles. The van der Waals surface area contributed by atoms with Crippen molar-refractivity contribution in [3.63, 3.8) is 0 Å². The third-order valence-electron chi connectivity index (χ3n) is 1.24. The van der Waals surface area contributed by atoms with E-state index in [4.69, 9.17) is 20.1 Å². The molecule has 90 valence electrons. The van der Waals surface area contributed by atoms with Gasteiger partial charge in [-0.1, -0.05) is 6.58 Å². The topological polar surface area (TPSA) is 87.0 Å². The standard InChI is InChI=1S/C6H14O3.C4H6O2/c1-5(8)4-9-6(2)3-7;1-3(2)4(5)6/h5-8H,3-4H2,1-2H3;1H2,2H3,(H,5,6). The largest absolute Gasteiger partial charge is 0.478 e. The van der Waals surface area contributed by atoms with Crippen molar-refractivity contribution in [2.75, 3.05) is 13.2 Å². The van der Waals surface area contributed by atoms with E-state index in [1.807, 2.05) is 0 Å². The maximum atomic E-state index is 9.60. The molecule has 0 heterocycles. The van der Waals surface area contributed by atoms with Crippen LogP contribution in [0.2, 0.25) is 0 Å². The van der Waals surface area contributed by atoms with Gasteiger partial charge in [-0.05, 0) is 20.8 Å².